The first-order valence-corrected chi connectivity index (χ1v) is 7.92. The van der Waals surface area contributed by atoms with Gasteiger partial charge in [-0.15, -0.1) is 16.8 Å². The van der Waals surface area contributed by atoms with Crippen LogP contribution < -0.4 is 4.90 Å². The lowest BCUT2D eigenvalue weighted by Gasteiger charge is -2.21. The molecule has 1 atom stereocenters. The summed E-state index contributed by atoms with van der Waals surface area (Å²) in [4.78, 5) is 14.2. The summed E-state index contributed by atoms with van der Waals surface area (Å²) in [5, 5.41) is 8.70. The third kappa shape index (κ3) is 3.57. The van der Waals surface area contributed by atoms with Crippen molar-refractivity contribution < 1.29 is 4.79 Å². The molecule has 2 rings (SSSR count). The minimum atomic E-state index is -0.252. The molecule has 22 heavy (non-hydrogen) atoms. The van der Waals surface area contributed by atoms with Crippen molar-refractivity contribution in [3.05, 3.63) is 48.8 Å². The fourth-order valence-corrected chi connectivity index (χ4v) is 3.05. The van der Waals surface area contributed by atoms with Crippen molar-refractivity contribution in [2.24, 2.45) is 0 Å². The minimum absolute atomic E-state index is 0.0296. The van der Waals surface area contributed by atoms with E-state index in [-0.39, 0.29) is 11.2 Å². The summed E-state index contributed by atoms with van der Waals surface area (Å²) >= 11 is 1.41. The van der Waals surface area contributed by atoms with Crippen LogP contribution in [0.15, 0.2) is 48.1 Å². The van der Waals surface area contributed by atoms with Crippen molar-refractivity contribution in [2.45, 2.75) is 30.8 Å². The quantitative estimate of drug-likeness (QED) is 0.607. The number of carbonyl (C=O) groups excluding carboxylic acids is 1. The van der Waals surface area contributed by atoms with Crippen LogP contribution >= 0.6 is 11.8 Å². The van der Waals surface area contributed by atoms with Crippen molar-refractivity contribution in [3.63, 3.8) is 0 Å². The molecule has 1 amide bonds. The molecule has 1 aromatic heterocycles. The number of allylic oxidation sites excluding steroid dienone is 1. The minimum Gasteiger partial charge on any atom is -0.315 e. The highest BCUT2D eigenvalue weighted by Gasteiger charge is 2.22. The average Bonchev–Trinajstić information content (AvgIpc) is 2.88. The molecule has 1 aromatic carbocycles. The summed E-state index contributed by atoms with van der Waals surface area (Å²) in [5.74, 6) is 0.848. The normalized spacial score (nSPS) is 12.0. The molecule has 0 saturated carbocycles. The Morgan fingerprint density at radius 3 is 2.73 bits per heavy atom. The summed E-state index contributed by atoms with van der Waals surface area (Å²) in [5.41, 5.74) is 0.878. The number of nitrogens with zero attached hydrogens (tertiary/aromatic N) is 4. The maximum absolute atomic E-state index is 12.6. The molecule has 6 heteroatoms. The van der Waals surface area contributed by atoms with Gasteiger partial charge in [-0.2, -0.15) is 0 Å². The molecule has 1 heterocycles. The summed E-state index contributed by atoms with van der Waals surface area (Å²) in [6.07, 6.45) is 1.79. The first-order valence-electron chi connectivity index (χ1n) is 7.04. The van der Waals surface area contributed by atoms with Gasteiger partial charge in [0.1, 0.15) is 5.82 Å². The number of hydrogen-bond donors (Lipinski definition) is 0. The van der Waals surface area contributed by atoms with E-state index in [0.29, 0.717) is 6.54 Å². The molecule has 0 radical (unpaired) electrons. The number of anilines is 1. The monoisotopic (exact) mass is 316 g/mol. The number of carbonyl (C=O) groups is 1. The molecule has 2 aromatic rings. The molecular formula is C16H20N4OS. The van der Waals surface area contributed by atoms with Gasteiger partial charge >= 0.3 is 0 Å². The highest BCUT2D eigenvalue weighted by Crippen LogP contribution is 2.25. The van der Waals surface area contributed by atoms with Gasteiger partial charge in [-0.3, -0.25) is 4.79 Å². The Balaban J connectivity index is 2.10. The van der Waals surface area contributed by atoms with Crippen LogP contribution in [0.3, 0.4) is 0 Å². The molecule has 0 aliphatic carbocycles. The number of para-hydroxylation sites is 1. The van der Waals surface area contributed by atoms with Crippen molar-refractivity contribution in [3.8, 4) is 0 Å². The maximum atomic E-state index is 12.6. The second-order valence-electron chi connectivity index (χ2n) is 4.92. The standard InChI is InChI=1S/C16H20N4OS/c1-5-11-20-13(3)17-18-16(20)22-12(2)15(21)19(4)14-9-7-6-8-10-14/h5-10,12H,1,11H2,2-4H3. The van der Waals surface area contributed by atoms with Gasteiger partial charge in [0.05, 0.1) is 5.25 Å². The lowest BCUT2D eigenvalue weighted by atomic mass is 10.3. The summed E-state index contributed by atoms with van der Waals surface area (Å²) in [6.45, 7) is 8.15. The number of aromatic nitrogens is 3. The molecule has 1 unspecified atom stereocenters. The molecule has 0 aliphatic heterocycles. The smallest absolute Gasteiger partial charge is 0.240 e. The van der Waals surface area contributed by atoms with Crippen LogP contribution in [-0.4, -0.2) is 33.0 Å². The van der Waals surface area contributed by atoms with E-state index >= 15 is 0 Å². The topological polar surface area (TPSA) is 51.0 Å². The molecule has 5 nitrogen and oxygen atoms in total. The Kier molecular flexibility index (Phi) is 5.38. The molecule has 0 spiro atoms. The van der Waals surface area contributed by atoms with Gasteiger partial charge in [0.2, 0.25) is 5.91 Å². The zero-order valence-corrected chi connectivity index (χ0v) is 13.9. The van der Waals surface area contributed by atoms with Crippen molar-refractivity contribution in [2.75, 3.05) is 11.9 Å². The summed E-state index contributed by atoms with van der Waals surface area (Å²) in [7, 11) is 1.79. The first kappa shape index (κ1) is 16.3. The molecule has 116 valence electrons. The second kappa shape index (κ2) is 7.26. The van der Waals surface area contributed by atoms with Gasteiger partial charge in [-0.1, -0.05) is 36.0 Å². The second-order valence-corrected chi connectivity index (χ2v) is 6.23. The Bertz CT molecular complexity index is 653. The van der Waals surface area contributed by atoms with Crippen LogP contribution in [0, 0.1) is 6.92 Å². The van der Waals surface area contributed by atoms with Gasteiger partial charge < -0.3 is 9.47 Å². The molecule has 0 N–H and O–H groups in total. The fraction of sp³-hybridized carbons (Fsp3) is 0.312. The number of aryl methyl sites for hydroxylation is 1. The van der Waals surface area contributed by atoms with E-state index in [4.69, 9.17) is 0 Å². The van der Waals surface area contributed by atoms with E-state index in [1.165, 1.54) is 11.8 Å². The van der Waals surface area contributed by atoms with Crippen molar-refractivity contribution >= 4 is 23.4 Å². The lowest BCUT2D eigenvalue weighted by molar-refractivity contribution is -0.117. The van der Waals surface area contributed by atoms with Crippen LogP contribution in [-0.2, 0) is 11.3 Å². The number of amides is 1. The highest BCUT2D eigenvalue weighted by atomic mass is 32.2. The lowest BCUT2D eigenvalue weighted by Crippen LogP contribution is -2.33. The van der Waals surface area contributed by atoms with E-state index in [2.05, 4.69) is 16.8 Å². The van der Waals surface area contributed by atoms with Crippen molar-refractivity contribution in [1.29, 1.82) is 0 Å². The van der Waals surface area contributed by atoms with E-state index in [1.54, 1.807) is 18.0 Å². The van der Waals surface area contributed by atoms with Gasteiger partial charge in [-0.25, -0.2) is 0 Å². The van der Waals surface area contributed by atoms with Gasteiger partial charge in [0.25, 0.3) is 0 Å². The molecular weight excluding hydrogens is 296 g/mol. The Hall–Kier alpha value is -2.08. The highest BCUT2D eigenvalue weighted by molar-refractivity contribution is 8.00. The third-order valence-corrected chi connectivity index (χ3v) is 4.39. The predicted octanol–water partition coefficient (Wildman–Crippen LogP) is 2.92. The zero-order valence-electron chi connectivity index (χ0n) is 13.1. The molecule has 0 bridgehead atoms. The first-order chi connectivity index (χ1) is 10.5. The summed E-state index contributed by atoms with van der Waals surface area (Å²) in [6, 6.07) is 9.60. The van der Waals surface area contributed by atoms with Crippen LogP contribution in [0.4, 0.5) is 5.69 Å². The van der Waals surface area contributed by atoms with E-state index in [9.17, 15) is 4.79 Å². The largest absolute Gasteiger partial charge is 0.315 e. The van der Waals surface area contributed by atoms with E-state index in [1.807, 2.05) is 48.7 Å². The Morgan fingerprint density at radius 2 is 2.09 bits per heavy atom. The number of rotatable bonds is 6. The maximum Gasteiger partial charge on any atom is 0.240 e. The SMILES string of the molecule is C=CCn1c(C)nnc1SC(C)C(=O)N(C)c1ccccc1. The Labute approximate surface area is 135 Å². The van der Waals surface area contributed by atoms with Crippen LogP contribution in [0.2, 0.25) is 0 Å². The predicted molar refractivity (Wildman–Crippen MR) is 90.1 cm³/mol. The zero-order chi connectivity index (χ0) is 16.1. The molecule has 0 fully saturated rings. The molecule has 0 aliphatic rings. The van der Waals surface area contributed by atoms with E-state index < -0.39 is 0 Å². The fourth-order valence-electron chi connectivity index (χ4n) is 2.05. The van der Waals surface area contributed by atoms with Gasteiger partial charge in [-0.05, 0) is 26.0 Å². The van der Waals surface area contributed by atoms with E-state index in [0.717, 1.165) is 16.7 Å². The van der Waals surface area contributed by atoms with Crippen LogP contribution in [0.1, 0.15) is 12.7 Å². The van der Waals surface area contributed by atoms with Crippen LogP contribution in [0.5, 0.6) is 0 Å². The van der Waals surface area contributed by atoms with Gasteiger partial charge in [0, 0.05) is 19.3 Å². The number of benzene rings is 1. The van der Waals surface area contributed by atoms with Crippen molar-refractivity contribution in [1.82, 2.24) is 14.8 Å². The summed E-state index contributed by atoms with van der Waals surface area (Å²) < 4.78 is 1.95. The average molecular weight is 316 g/mol. The van der Waals surface area contributed by atoms with Crippen LogP contribution in [0.25, 0.3) is 0 Å². The molecule has 0 saturated heterocycles. The number of hydrogen-bond acceptors (Lipinski definition) is 4. The Morgan fingerprint density at radius 1 is 1.41 bits per heavy atom. The number of thioether (sulfide) groups is 1. The third-order valence-electron chi connectivity index (χ3n) is 3.32. The van der Waals surface area contributed by atoms with Gasteiger partial charge in [0.15, 0.2) is 5.16 Å².